The second-order valence-corrected chi connectivity index (χ2v) is 10.2. The van der Waals surface area contributed by atoms with Crippen molar-refractivity contribution in [3.05, 3.63) is 75.3 Å². The maximum Gasteiger partial charge on any atom is 0.420 e. The number of benzene rings is 2. The van der Waals surface area contributed by atoms with Crippen LogP contribution >= 0.6 is 11.6 Å². The molecule has 1 aliphatic carbocycles. The Labute approximate surface area is 194 Å². The molecule has 0 atom stereocenters. The molecule has 4 aromatic rings. The van der Waals surface area contributed by atoms with Crippen LogP contribution in [0.4, 0.5) is 0 Å². The fraction of sp³-hybridized carbons (Fsp3) is 0.318. The number of oxazole rings is 1. The third-order valence-electron chi connectivity index (χ3n) is 5.81. The molecule has 1 fully saturated rings. The number of halogens is 1. The fourth-order valence-electron chi connectivity index (χ4n) is 3.72. The molecule has 1 N–H and O–H groups in total. The third-order valence-corrected chi connectivity index (χ3v) is 7.52. The minimum absolute atomic E-state index is 0.0128. The van der Waals surface area contributed by atoms with Crippen LogP contribution in [0, 0.1) is 0 Å². The van der Waals surface area contributed by atoms with Crippen LogP contribution in [-0.4, -0.2) is 29.7 Å². The topological polar surface area (TPSA) is 120 Å². The first-order valence-corrected chi connectivity index (χ1v) is 12.5. The molecule has 2 aromatic heterocycles. The number of nitrogens with zero attached hydrogens (tertiary/aromatic N) is 3. The van der Waals surface area contributed by atoms with E-state index in [1.807, 2.05) is 12.1 Å². The summed E-state index contributed by atoms with van der Waals surface area (Å²) >= 11 is 5.87. The molecule has 33 heavy (non-hydrogen) atoms. The lowest BCUT2D eigenvalue weighted by Crippen LogP contribution is -2.26. The number of hydrogen-bond donors (Lipinski definition) is 1. The number of fused-ring (bicyclic) bond motifs is 1. The Hall–Kier alpha value is -2.95. The van der Waals surface area contributed by atoms with Gasteiger partial charge in [0, 0.05) is 23.6 Å². The van der Waals surface area contributed by atoms with Crippen LogP contribution in [0.2, 0.25) is 5.02 Å². The number of sulfonamides is 1. The van der Waals surface area contributed by atoms with Gasteiger partial charge in [-0.15, -0.1) is 0 Å². The summed E-state index contributed by atoms with van der Waals surface area (Å²) in [5.74, 6) is 0.645. The first-order valence-electron chi connectivity index (χ1n) is 10.6. The van der Waals surface area contributed by atoms with Crippen molar-refractivity contribution < 1.29 is 17.4 Å². The van der Waals surface area contributed by atoms with E-state index in [4.69, 9.17) is 20.5 Å². The lowest BCUT2D eigenvalue weighted by Gasteiger charge is -2.20. The van der Waals surface area contributed by atoms with E-state index in [9.17, 15) is 13.2 Å². The van der Waals surface area contributed by atoms with E-state index in [0.717, 1.165) is 24.8 Å². The molecule has 2 heterocycles. The lowest BCUT2D eigenvalue weighted by atomic mass is 9.85. The van der Waals surface area contributed by atoms with Crippen LogP contribution < -0.4 is 10.5 Å². The van der Waals surface area contributed by atoms with Gasteiger partial charge in [-0.25, -0.2) is 17.9 Å². The molecule has 0 spiro atoms. The van der Waals surface area contributed by atoms with Crippen LogP contribution in [0.5, 0.6) is 0 Å². The maximum absolute atomic E-state index is 12.7. The Morgan fingerprint density at radius 3 is 2.67 bits per heavy atom. The van der Waals surface area contributed by atoms with Crippen LogP contribution in [0.1, 0.15) is 42.5 Å². The smallest absolute Gasteiger partial charge is 0.408 e. The number of rotatable bonds is 8. The van der Waals surface area contributed by atoms with Gasteiger partial charge >= 0.3 is 5.76 Å². The average Bonchev–Trinajstić information content (AvgIpc) is 3.32. The molecule has 5 rings (SSSR count). The van der Waals surface area contributed by atoms with Crippen molar-refractivity contribution >= 4 is 32.7 Å². The summed E-state index contributed by atoms with van der Waals surface area (Å²) in [6.07, 6.45) is 3.72. The van der Waals surface area contributed by atoms with Crippen LogP contribution in [-0.2, 0) is 23.0 Å². The van der Waals surface area contributed by atoms with E-state index >= 15 is 0 Å². The molecule has 1 saturated carbocycles. The van der Waals surface area contributed by atoms with E-state index in [1.54, 1.807) is 18.2 Å². The summed E-state index contributed by atoms with van der Waals surface area (Å²) in [5.41, 5.74) is 1.58. The summed E-state index contributed by atoms with van der Waals surface area (Å²) in [4.78, 5) is 16.8. The molecule has 2 aromatic carbocycles. The van der Waals surface area contributed by atoms with Crippen molar-refractivity contribution in [1.29, 1.82) is 0 Å². The highest BCUT2D eigenvalue weighted by Gasteiger charge is 2.26. The van der Waals surface area contributed by atoms with Crippen molar-refractivity contribution in [1.82, 2.24) is 19.4 Å². The Balaban J connectivity index is 1.31. The van der Waals surface area contributed by atoms with Crippen molar-refractivity contribution in [3.63, 3.8) is 0 Å². The second kappa shape index (κ2) is 8.77. The molecule has 0 saturated heterocycles. The summed E-state index contributed by atoms with van der Waals surface area (Å²) < 4.78 is 40.0. The normalized spacial score (nSPS) is 14.6. The molecule has 0 aliphatic heterocycles. The van der Waals surface area contributed by atoms with Crippen molar-refractivity contribution in [2.24, 2.45) is 0 Å². The standard InChI is InChI=1S/C22H21ClN4O5S/c23-16-6-4-14(5-7-16)10-11-24-33(29,30)17-8-9-18-19(12-17)31-22(28)27(18)13-20-25-21(32-26-20)15-2-1-3-15/h4-9,12,15,24H,1-3,10-11,13H2. The highest BCUT2D eigenvalue weighted by atomic mass is 35.5. The van der Waals surface area contributed by atoms with E-state index in [2.05, 4.69) is 14.9 Å². The Morgan fingerprint density at radius 1 is 1.15 bits per heavy atom. The molecule has 0 amide bonds. The van der Waals surface area contributed by atoms with Gasteiger partial charge in [0.15, 0.2) is 11.4 Å². The predicted octanol–water partition coefficient (Wildman–Crippen LogP) is 3.47. The van der Waals surface area contributed by atoms with Gasteiger partial charge in [-0.2, -0.15) is 4.98 Å². The zero-order valence-electron chi connectivity index (χ0n) is 17.5. The monoisotopic (exact) mass is 488 g/mol. The van der Waals surface area contributed by atoms with Crippen LogP contribution in [0.3, 0.4) is 0 Å². The van der Waals surface area contributed by atoms with Crippen molar-refractivity contribution in [3.8, 4) is 0 Å². The van der Waals surface area contributed by atoms with Gasteiger partial charge in [0.05, 0.1) is 17.0 Å². The van der Waals surface area contributed by atoms with Gasteiger partial charge in [0.1, 0.15) is 0 Å². The highest BCUT2D eigenvalue weighted by molar-refractivity contribution is 7.89. The molecular formula is C22H21ClN4O5S. The van der Waals surface area contributed by atoms with E-state index in [0.29, 0.717) is 34.6 Å². The molecule has 0 radical (unpaired) electrons. The van der Waals surface area contributed by atoms with Gasteiger partial charge in [-0.3, -0.25) is 4.57 Å². The maximum atomic E-state index is 12.7. The minimum atomic E-state index is -3.78. The highest BCUT2D eigenvalue weighted by Crippen LogP contribution is 2.35. The lowest BCUT2D eigenvalue weighted by molar-refractivity contribution is 0.291. The Morgan fingerprint density at radius 2 is 1.94 bits per heavy atom. The fourth-order valence-corrected chi connectivity index (χ4v) is 4.89. The van der Waals surface area contributed by atoms with Gasteiger partial charge in [0.2, 0.25) is 15.9 Å². The molecule has 0 unspecified atom stereocenters. The zero-order chi connectivity index (χ0) is 23.0. The summed E-state index contributed by atoms with van der Waals surface area (Å²) in [5, 5.41) is 4.59. The molecule has 172 valence electrons. The van der Waals surface area contributed by atoms with Gasteiger partial charge in [-0.1, -0.05) is 35.3 Å². The van der Waals surface area contributed by atoms with Crippen molar-refractivity contribution in [2.45, 2.75) is 43.0 Å². The molecule has 11 heteroatoms. The first-order chi connectivity index (χ1) is 15.9. The van der Waals surface area contributed by atoms with Gasteiger partial charge < -0.3 is 8.94 Å². The largest absolute Gasteiger partial charge is 0.420 e. The molecule has 9 nitrogen and oxygen atoms in total. The van der Waals surface area contributed by atoms with E-state index in [-0.39, 0.29) is 23.6 Å². The summed E-state index contributed by atoms with van der Waals surface area (Å²) in [6, 6.07) is 11.5. The van der Waals surface area contributed by atoms with Gasteiger partial charge in [-0.05, 0) is 49.1 Å². The minimum Gasteiger partial charge on any atom is -0.408 e. The molecular weight excluding hydrogens is 468 g/mol. The predicted molar refractivity (Wildman–Crippen MR) is 121 cm³/mol. The van der Waals surface area contributed by atoms with Crippen LogP contribution in [0.15, 0.2) is 61.1 Å². The molecule has 1 aliphatic rings. The number of nitrogens with one attached hydrogen (secondary N) is 1. The quantitative estimate of drug-likeness (QED) is 0.403. The Kier molecular flexibility index (Phi) is 5.81. The van der Waals surface area contributed by atoms with E-state index in [1.165, 1.54) is 16.7 Å². The second-order valence-electron chi connectivity index (χ2n) is 8.03. The SMILES string of the molecule is O=c1oc2cc(S(=O)(=O)NCCc3ccc(Cl)cc3)ccc2n1Cc1noc(C2CCC2)n1. The van der Waals surface area contributed by atoms with Crippen LogP contribution in [0.25, 0.3) is 11.1 Å². The average molecular weight is 489 g/mol. The molecule has 0 bridgehead atoms. The number of aromatic nitrogens is 3. The third kappa shape index (κ3) is 4.59. The Bertz CT molecular complexity index is 1450. The summed E-state index contributed by atoms with van der Waals surface area (Å²) in [6.45, 7) is 0.293. The zero-order valence-corrected chi connectivity index (χ0v) is 19.1. The number of hydrogen-bond acceptors (Lipinski definition) is 7. The van der Waals surface area contributed by atoms with E-state index < -0.39 is 15.8 Å². The van der Waals surface area contributed by atoms with Crippen molar-refractivity contribution in [2.75, 3.05) is 6.54 Å². The van der Waals surface area contributed by atoms with Gasteiger partial charge in [0.25, 0.3) is 0 Å². The first kappa shape index (κ1) is 21.9. The summed E-state index contributed by atoms with van der Waals surface area (Å²) in [7, 11) is -3.78.